The van der Waals surface area contributed by atoms with Gasteiger partial charge in [-0.1, -0.05) is 107 Å². The summed E-state index contributed by atoms with van der Waals surface area (Å²) in [6.07, 6.45) is 0. The number of fused-ring (bicyclic) bond motifs is 1. The number of anilines is 1. The van der Waals surface area contributed by atoms with E-state index in [0.717, 1.165) is 16.7 Å². The van der Waals surface area contributed by atoms with Gasteiger partial charge in [-0.3, -0.25) is 10.2 Å². The number of aromatic hydroxyl groups is 1. The summed E-state index contributed by atoms with van der Waals surface area (Å²) in [7, 11) is 0. The lowest BCUT2D eigenvalue weighted by Crippen LogP contribution is -2.23. The number of H-pyrrole nitrogens is 2. The second-order valence-corrected chi connectivity index (χ2v) is 9.74. The van der Waals surface area contributed by atoms with Gasteiger partial charge in [-0.2, -0.15) is 0 Å². The summed E-state index contributed by atoms with van der Waals surface area (Å²) in [5.41, 5.74) is 12.7. The Balaban J connectivity index is 0.000000285. The summed E-state index contributed by atoms with van der Waals surface area (Å²) in [6, 6.07) is 32.7. The molecule has 0 aliphatic rings. The van der Waals surface area contributed by atoms with Gasteiger partial charge in [-0.25, -0.2) is 0 Å². The van der Waals surface area contributed by atoms with Gasteiger partial charge in [0.25, 0.3) is 0 Å². The number of aromatic nitrogens is 2. The maximum absolute atomic E-state index is 10.7. The van der Waals surface area contributed by atoms with Gasteiger partial charge >= 0.3 is 0 Å². The lowest BCUT2D eigenvalue weighted by Gasteiger charge is -2.32. The molecule has 0 aliphatic carbocycles. The molecule has 4 nitrogen and oxygen atoms in total. The van der Waals surface area contributed by atoms with Crippen LogP contribution in [0.1, 0.15) is 49.9 Å². The molecule has 0 unspecified atom stereocenters. The summed E-state index contributed by atoms with van der Waals surface area (Å²) < 4.78 is 0. The van der Waals surface area contributed by atoms with E-state index in [2.05, 4.69) is 80.4 Å². The van der Waals surface area contributed by atoms with Crippen molar-refractivity contribution in [2.24, 2.45) is 0 Å². The number of phenolic OH excluding ortho intramolecular Hbond substituents is 1. The van der Waals surface area contributed by atoms with Crippen LogP contribution in [0.2, 0.25) is 0 Å². The van der Waals surface area contributed by atoms with Crippen LogP contribution in [-0.2, 0) is 10.8 Å². The zero-order valence-corrected chi connectivity index (χ0v) is 20.3. The average molecular weight is 452 g/mol. The fraction of sp³-hybridized carbons (Fsp3) is 0.200. The summed E-state index contributed by atoms with van der Waals surface area (Å²) >= 11 is 0. The third-order valence-corrected chi connectivity index (χ3v) is 6.78. The smallest absolute Gasteiger partial charge is 0.142 e. The van der Waals surface area contributed by atoms with Gasteiger partial charge < -0.3 is 10.8 Å². The Morgan fingerprint density at radius 3 is 1.47 bits per heavy atom. The van der Waals surface area contributed by atoms with E-state index in [-0.39, 0.29) is 16.6 Å². The normalized spacial score (nSPS) is 11.8. The molecule has 0 aliphatic heterocycles. The van der Waals surface area contributed by atoms with E-state index >= 15 is 0 Å². The fourth-order valence-corrected chi connectivity index (χ4v) is 4.30. The van der Waals surface area contributed by atoms with Gasteiger partial charge in [0.05, 0.1) is 16.7 Å². The van der Waals surface area contributed by atoms with Crippen LogP contribution in [0.4, 0.5) is 5.69 Å². The van der Waals surface area contributed by atoms with Crippen LogP contribution >= 0.6 is 0 Å². The van der Waals surface area contributed by atoms with Crippen molar-refractivity contribution in [2.45, 2.75) is 38.5 Å². The highest BCUT2D eigenvalue weighted by Gasteiger charge is 2.31. The van der Waals surface area contributed by atoms with Gasteiger partial charge in [-0.05, 0) is 34.9 Å². The Bertz CT molecular complexity index is 1330. The number of nitrogens with one attached hydrogen (secondary N) is 2. The molecule has 0 fully saturated rings. The lowest BCUT2D eigenvalue weighted by molar-refractivity contribution is 0.454. The van der Waals surface area contributed by atoms with Gasteiger partial charge in [0.15, 0.2) is 0 Å². The van der Waals surface area contributed by atoms with E-state index in [0.29, 0.717) is 5.69 Å². The molecule has 174 valence electrons. The van der Waals surface area contributed by atoms with Crippen LogP contribution in [0.5, 0.6) is 5.75 Å². The van der Waals surface area contributed by atoms with Crippen molar-refractivity contribution in [3.63, 3.8) is 0 Å². The third kappa shape index (κ3) is 4.44. The second kappa shape index (κ2) is 9.14. The molecule has 0 spiro atoms. The number of aromatic amines is 2. The van der Waals surface area contributed by atoms with E-state index in [4.69, 9.17) is 5.73 Å². The van der Waals surface area contributed by atoms with Crippen LogP contribution in [0.25, 0.3) is 11.0 Å². The van der Waals surface area contributed by atoms with E-state index < -0.39 is 0 Å². The van der Waals surface area contributed by atoms with Crippen molar-refractivity contribution in [1.82, 2.24) is 10.2 Å². The maximum Gasteiger partial charge on any atom is 0.142 e. The van der Waals surface area contributed by atoms with Crippen molar-refractivity contribution in [1.29, 1.82) is 0 Å². The molecule has 0 bridgehead atoms. The lowest BCUT2D eigenvalue weighted by atomic mass is 9.72. The molecule has 1 heterocycles. The number of phenols is 1. The number of para-hydroxylation sites is 2. The van der Waals surface area contributed by atoms with Gasteiger partial charge in [0.1, 0.15) is 5.75 Å². The van der Waals surface area contributed by atoms with E-state index in [1.807, 2.05) is 54.6 Å². The third-order valence-electron chi connectivity index (χ3n) is 6.78. The molecule has 0 saturated carbocycles. The van der Waals surface area contributed by atoms with Crippen molar-refractivity contribution < 1.29 is 5.11 Å². The van der Waals surface area contributed by atoms with Crippen LogP contribution in [-0.4, -0.2) is 15.3 Å². The van der Waals surface area contributed by atoms with E-state index in [1.165, 1.54) is 16.6 Å². The summed E-state index contributed by atoms with van der Waals surface area (Å²) in [6.45, 7) is 8.62. The first-order chi connectivity index (χ1) is 16.2. The van der Waals surface area contributed by atoms with Crippen molar-refractivity contribution in [2.75, 3.05) is 5.73 Å². The van der Waals surface area contributed by atoms with Gasteiger partial charge in [-0.15, -0.1) is 0 Å². The minimum absolute atomic E-state index is 0.173. The van der Waals surface area contributed by atoms with Gasteiger partial charge in [0, 0.05) is 16.4 Å². The largest absolute Gasteiger partial charge is 0.505 e. The first kappa shape index (κ1) is 23.2. The molecule has 4 aromatic carbocycles. The molecule has 5 aromatic rings. The van der Waals surface area contributed by atoms with Crippen LogP contribution in [0.15, 0.2) is 97.1 Å². The number of hydrogen-bond donors (Lipinski definition) is 4. The minimum Gasteiger partial charge on any atom is -0.505 e. The van der Waals surface area contributed by atoms with Gasteiger partial charge in [0.2, 0.25) is 0 Å². The molecule has 5 N–H and O–H groups in total. The fourth-order valence-electron chi connectivity index (χ4n) is 4.30. The highest BCUT2D eigenvalue weighted by Crippen LogP contribution is 2.43. The molecule has 0 saturated heterocycles. The summed E-state index contributed by atoms with van der Waals surface area (Å²) in [5.74, 6) is 0.173. The average Bonchev–Trinajstić information content (AvgIpc) is 2.83. The SMILES string of the molecule is CC(C)(c1ccccc1)c1cc(N)c(O)c(C(C)(C)c2ccccc2)c1.c1ccc2[nH][nH]c2c1. The Kier molecular flexibility index (Phi) is 6.25. The number of nitrogens with two attached hydrogens (primary N) is 1. The maximum atomic E-state index is 10.7. The number of nitrogen functional groups attached to an aromatic ring is 1. The number of benzene rings is 4. The van der Waals surface area contributed by atoms with Crippen molar-refractivity contribution >= 4 is 16.7 Å². The second-order valence-electron chi connectivity index (χ2n) is 9.74. The molecule has 1 aromatic heterocycles. The zero-order chi connectivity index (χ0) is 24.3. The first-order valence-corrected chi connectivity index (χ1v) is 11.6. The van der Waals surface area contributed by atoms with Crippen molar-refractivity contribution in [3.8, 4) is 5.75 Å². The van der Waals surface area contributed by atoms with Crippen LogP contribution in [0, 0.1) is 0 Å². The predicted octanol–water partition coefficient (Wildman–Crippen LogP) is 7.12. The van der Waals surface area contributed by atoms with Crippen molar-refractivity contribution in [3.05, 3.63) is 119 Å². The molecule has 0 atom stereocenters. The summed E-state index contributed by atoms with van der Waals surface area (Å²) in [5, 5.41) is 16.6. The van der Waals surface area contributed by atoms with Crippen LogP contribution < -0.4 is 5.73 Å². The summed E-state index contributed by atoms with van der Waals surface area (Å²) in [4.78, 5) is 0. The first-order valence-electron chi connectivity index (χ1n) is 11.6. The molecular formula is C30H33N3O. The number of rotatable bonds is 4. The number of hydrogen-bond acceptors (Lipinski definition) is 2. The Labute approximate surface area is 201 Å². The highest BCUT2D eigenvalue weighted by atomic mass is 16.3. The molecular weight excluding hydrogens is 418 g/mol. The molecule has 4 heteroatoms. The monoisotopic (exact) mass is 451 g/mol. The zero-order valence-electron chi connectivity index (χ0n) is 20.3. The van der Waals surface area contributed by atoms with E-state index in [9.17, 15) is 5.11 Å². The standard InChI is InChI=1S/C24H27NO.C6H6N2/c1-23(2,17-11-7-5-8-12-17)19-15-20(22(26)21(25)16-19)24(3,4)18-13-9-6-10-14-18;1-2-4-6-5(3-1)7-8-6/h5-16,26H,25H2,1-4H3;1-4,7-8H. The predicted molar refractivity (Wildman–Crippen MR) is 142 cm³/mol. The van der Waals surface area contributed by atoms with Crippen LogP contribution in [0.3, 0.4) is 0 Å². The Morgan fingerprint density at radius 2 is 1.03 bits per heavy atom. The highest BCUT2D eigenvalue weighted by molar-refractivity contribution is 5.75. The topological polar surface area (TPSA) is 77.8 Å². The minimum atomic E-state index is -0.359. The Morgan fingerprint density at radius 1 is 0.588 bits per heavy atom. The molecule has 0 radical (unpaired) electrons. The van der Waals surface area contributed by atoms with E-state index in [1.54, 1.807) is 0 Å². The molecule has 34 heavy (non-hydrogen) atoms. The quantitative estimate of drug-likeness (QED) is 0.173. The molecule has 5 rings (SSSR count). The Hall–Kier alpha value is -3.92. The molecule has 0 amide bonds.